The molecule has 0 saturated carbocycles. The normalized spacial score (nSPS) is 13.4. The van der Waals surface area contributed by atoms with Crippen LogP contribution in [0.4, 0.5) is 0 Å². The minimum atomic E-state index is -1.70. The van der Waals surface area contributed by atoms with Crippen molar-refractivity contribution in [2.45, 2.75) is 111 Å². The lowest BCUT2D eigenvalue weighted by Crippen LogP contribution is -2.45. The molecule has 0 aromatic carbocycles. The topological polar surface area (TPSA) is 257 Å². The molecule has 21 nitrogen and oxygen atoms in total. The molecule has 26 heteroatoms. The second-order valence-corrected chi connectivity index (χ2v) is 30.7. The van der Waals surface area contributed by atoms with Gasteiger partial charge < -0.3 is 61.6 Å². The number of hydrogen-bond donors (Lipinski definition) is 0. The smallest absolute Gasteiger partial charge is 0.332 e. The van der Waals surface area contributed by atoms with Gasteiger partial charge in [-0.2, -0.15) is 0 Å². The second kappa shape index (κ2) is 34.9. The fourth-order valence-corrected chi connectivity index (χ4v) is 5.79. The minimum Gasteiger partial charge on any atom is -0.464 e. The van der Waals surface area contributed by atoms with Crippen LogP contribution in [0.1, 0.15) is 89.5 Å². The zero-order chi connectivity index (χ0) is 58.7. The molecular weight excluding hydrogens is 1340 g/mol. The number of carbonyl (C=O) groups is 8. The van der Waals surface area contributed by atoms with Crippen molar-refractivity contribution in [2.24, 2.45) is 16.2 Å². The summed E-state index contributed by atoms with van der Waals surface area (Å²) < 4.78 is 66.4. The molecule has 0 heterocycles. The van der Waals surface area contributed by atoms with Crippen molar-refractivity contribution in [1.82, 2.24) is 0 Å². The van der Waals surface area contributed by atoms with Crippen LogP contribution < -0.4 is 0 Å². The standard InChI is InChI=1S/C50H79Br5O21/c1-14-15-64-16-17-65-18-19-66-20-21-67-22-23-68-27-48(12,29-71-42(63)49(13,30-72-37(58)43(2,3)51)31-73-38(59)44(4,5)52)28-70-36(57)26-69-25-35(56)24-50(32-74-39(60)45(6,7)53,33-75-40(61)46(8,9)54)34-76-41(62)47(10,11)55/h14H,1,15-34H2,2-13H3. The Labute approximate surface area is 489 Å². The summed E-state index contributed by atoms with van der Waals surface area (Å²) in [5.41, 5.74) is -4.56. The predicted molar refractivity (Wildman–Crippen MR) is 295 cm³/mol. The minimum absolute atomic E-state index is 0.0690. The van der Waals surface area contributed by atoms with Gasteiger partial charge in [0, 0.05) is 6.42 Å². The average molecular weight is 1420 g/mol. The Kier molecular flexibility index (Phi) is 33.9. The maximum absolute atomic E-state index is 13.9. The van der Waals surface area contributed by atoms with Gasteiger partial charge in [-0.15, -0.1) is 6.58 Å². The Balaban J connectivity index is 6.20. The van der Waals surface area contributed by atoms with Crippen LogP contribution in [0.15, 0.2) is 12.7 Å². The summed E-state index contributed by atoms with van der Waals surface area (Å²) in [4.78, 5) is 105. The highest BCUT2D eigenvalue weighted by molar-refractivity contribution is 9.11. The van der Waals surface area contributed by atoms with Gasteiger partial charge in [-0.05, 0) is 76.2 Å². The van der Waals surface area contributed by atoms with E-state index >= 15 is 0 Å². The first-order chi connectivity index (χ1) is 34.8. The van der Waals surface area contributed by atoms with E-state index in [-0.39, 0.29) is 26.4 Å². The second-order valence-electron chi connectivity index (χ2n) is 20.8. The Bertz CT molecular complexity index is 1760. The zero-order valence-electron chi connectivity index (χ0n) is 45.9. The Morgan fingerprint density at radius 1 is 0.368 bits per heavy atom. The predicted octanol–water partition coefficient (Wildman–Crippen LogP) is 6.90. The number of rotatable bonds is 42. The Morgan fingerprint density at radius 2 is 0.684 bits per heavy atom. The molecule has 0 saturated heterocycles. The van der Waals surface area contributed by atoms with Crippen LogP contribution in [0.3, 0.4) is 0 Å². The van der Waals surface area contributed by atoms with Crippen molar-refractivity contribution in [1.29, 1.82) is 0 Å². The van der Waals surface area contributed by atoms with E-state index in [9.17, 15) is 38.4 Å². The van der Waals surface area contributed by atoms with E-state index in [2.05, 4.69) is 86.2 Å². The number of ether oxygens (including phenoxy) is 13. The van der Waals surface area contributed by atoms with Gasteiger partial charge in [0.15, 0.2) is 5.78 Å². The number of ketones is 1. The van der Waals surface area contributed by atoms with Gasteiger partial charge in [0.2, 0.25) is 0 Å². The maximum atomic E-state index is 13.9. The molecule has 1 unspecified atom stereocenters. The van der Waals surface area contributed by atoms with Gasteiger partial charge in [-0.3, -0.25) is 33.6 Å². The number of hydrogen-bond acceptors (Lipinski definition) is 21. The summed E-state index contributed by atoms with van der Waals surface area (Å²) in [6, 6.07) is 0. The van der Waals surface area contributed by atoms with E-state index in [0.29, 0.717) is 39.6 Å². The first-order valence-electron chi connectivity index (χ1n) is 24.1. The number of esters is 7. The van der Waals surface area contributed by atoms with Crippen molar-refractivity contribution in [3.63, 3.8) is 0 Å². The van der Waals surface area contributed by atoms with E-state index in [4.69, 9.17) is 61.6 Å². The first-order valence-corrected chi connectivity index (χ1v) is 28.0. The largest absolute Gasteiger partial charge is 0.464 e. The van der Waals surface area contributed by atoms with Crippen LogP contribution in [-0.2, 0) is 99.9 Å². The van der Waals surface area contributed by atoms with Gasteiger partial charge in [0.1, 0.15) is 86.5 Å². The average Bonchev–Trinajstić information content (AvgIpc) is 3.30. The molecule has 1 atom stereocenters. The highest BCUT2D eigenvalue weighted by Gasteiger charge is 2.44. The lowest BCUT2D eigenvalue weighted by atomic mass is 9.85. The maximum Gasteiger partial charge on any atom is 0.332 e. The third-order valence-electron chi connectivity index (χ3n) is 9.85. The highest BCUT2D eigenvalue weighted by Crippen LogP contribution is 2.32. The van der Waals surface area contributed by atoms with E-state index < -0.39 is 151 Å². The number of carbonyl (C=O) groups excluding carboxylic acids is 8. The van der Waals surface area contributed by atoms with Crippen LogP contribution in [-0.4, -0.2) is 195 Å². The van der Waals surface area contributed by atoms with Crippen molar-refractivity contribution in [3.05, 3.63) is 12.7 Å². The van der Waals surface area contributed by atoms with Crippen molar-refractivity contribution in [2.75, 3.05) is 126 Å². The molecule has 0 radical (unpaired) electrons. The van der Waals surface area contributed by atoms with Gasteiger partial charge in [0.25, 0.3) is 0 Å². The molecule has 0 aromatic heterocycles. The van der Waals surface area contributed by atoms with E-state index in [0.717, 1.165) is 0 Å². The van der Waals surface area contributed by atoms with Gasteiger partial charge in [0.05, 0.1) is 76.9 Å². The summed E-state index contributed by atoms with van der Waals surface area (Å²) in [7, 11) is 0. The van der Waals surface area contributed by atoms with E-state index in [1.165, 1.54) is 48.5 Å². The molecule has 76 heavy (non-hydrogen) atoms. The number of halogens is 5. The third kappa shape index (κ3) is 32.8. The molecule has 0 aliphatic carbocycles. The van der Waals surface area contributed by atoms with Gasteiger partial charge >= 0.3 is 41.8 Å². The molecule has 0 bridgehead atoms. The summed E-state index contributed by atoms with van der Waals surface area (Å²) >= 11 is 16.2. The third-order valence-corrected chi connectivity index (χ3v) is 11.5. The Hall–Kier alpha value is -2.14. The monoisotopic (exact) mass is 1410 g/mol. The zero-order valence-corrected chi connectivity index (χ0v) is 53.8. The van der Waals surface area contributed by atoms with Gasteiger partial charge in [-0.25, -0.2) is 4.79 Å². The quantitative estimate of drug-likeness (QED) is 0.0198. The summed E-state index contributed by atoms with van der Waals surface area (Å²) in [6.45, 7) is 19.7. The SMILES string of the molecule is C=CCOCCOCCOCCOCCOCC(C)(COC(=O)COCC(=O)CC(COC(=O)C(C)(C)Br)(COC(=O)C(C)(C)Br)COC(=O)C(C)(C)Br)COC(=O)C(C)(COC(=O)C(C)(C)Br)COC(=O)C(C)(C)Br. The molecule has 0 amide bonds. The molecule has 0 spiro atoms. The first kappa shape index (κ1) is 73.9. The van der Waals surface area contributed by atoms with Crippen molar-refractivity contribution >= 4 is 127 Å². The molecule has 0 aliphatic rings. The number of Topliss-reactive ketones (excluding diaryl/α,β-unsaturated/α-hetero) is 1. The van der Waals surface area contributed by atoms with Crippen LogP contribution >= 0.6 is 79.6 Å². The van der Waals surface area contributed by atoms with Gasteiger partial charge in [-0.1, -0.05) is 92.6 Å². The summed E-state index contributed by atoms with van der Waals surface area (Å²) in [6.07, 6.45) is 1.14. The lowest BCUT2D eigenvalue weighted by Gasteiger charge is -2.33. The van der Waals surface area contributed by atoms with Crippen molar-refractivity contribution < 1.29 is 99.9 Å². The van der Waals surface area contributed by atoms with Crippen LogP contribution in [0.25, 0.3) is 0 Å². The Morgan fingerprint density at radius 3 is 1.04 bits per heavy atom. The molecule has 0 fully saturated rings. The van der Waals surface area contributed by atoms with Crippen LogP contribution in [0.5, 0.6) is 0 Å². The molecule has 0 N–H and O–H groups in total. The van der Waals surface area contributed by atoms with Crippen LogP contribution in [0, 0.1) is 16.2 Å². The fourth-order valence-electron chi connectivity index (χ4n) is 5.22. The molecule has 0 aliphatic heterocycles. The molecular formula is C50H79Br5O21. The summed E-state index contributed by atoms with van der Waals surface area (Å²) in [5, 5.41) is 0. The summed E-state index contributed by atoms with van der Waals surface area (Å²) in [5.74, 6) is -6.07. The van der Waals surface area contributed by atoms with E-state index in [1.54, 1.807) is 40.7 Å². The highest BCUT2D eigenvalue weighted by atomic mass is 79.9. The molecule has 440 valence electrons. The fraction of sp³-hybridized carbons (Fsp3) is 0.800. The number of alkyl halides is 5. The van der Waals surface area contributed by atoms with Crippen molar-refractivity contribution in [3.8, 4) is 0 Å². The molecule has 0 aromatic rings. The van der Waals surface area contributed by atoms with Crippen LogP contribution in [0.2, 0.25) is 0 Å². The molecule has 0 rings (SSSR count). The van der Waals surface area contributed by atoms with E-state index in [1.807, 2.05) is 0 Å². The lowest BCUT2D eigenvalue weighted by molar-refractivity contribution is -0.176.